The van der Waals surface area contributed by atoms with Crippen molar-refractivity contribution in [2.45, 2.75) is 19.1 Å². The third kappa shape index (κ3) is 3.06. The van der Waals surface area contributed by atoms with Gasteiger partial charge in [-0.05, 0) is 11.6 Å². The minimum absolute atomic E-state index is 0.189. The summed E-state index contributed by atoms with van der Waals surface area (Å²) >= 11 is 0. The monoisotopic (exact) mass is 256 g/mol. The third-order valence-corrected chi connectivity index (χ3v) is 3.15. The first-order valence-electron chi connectivity index (χ1n) is 6.42. The molecule has 3 rings (SSSR count). The van der Waals surface area contributed by atoms with Crippen LogP contribution in [0.5, 0.6) is 11.5 Å². The van der Waals surface area contributed by atoms with Crippen LogP contribution in [0.3, 0.4) is 0 Å². The Balaban J connectivity index is 1.75. The van der Waals surface area contributed by atoms with Crippen LogP contribution in [0.15, 0.2) is 48.5 Å². The molecule has 0 aliphatic carbocycles. The van der Waals surface area contributed by atoms with Crippen LogP contribution in [-0.2, 0) is 17.8 Å². The van der Waals surface area contributed by atoms with Crippen LogP contribution in [0.2, 0.25) is 0 Å². The van der Waals surface area contributed by atoms with Gasteiger partial charge in [-0.25, -0.2) is 0 Å². The summed E-state index contributed by atoms with van der Waals surface area (Å²) < 4.78 is 11.0. The zero-order valence-corrected chi connectivity index (χ0v) is 10.6. The van der Waals surface area contributed by atoms with E-state index >= 15 is 0 Å². The van der Waals surface area contributed by atoms with Crippen LogP contribution in [-0.4, -0.2) is 17.8 Å². The normalized spacial score (nSPS) is 17.2. The molecule has 1 unspecified atom stereocenters. The van der Waals surface area contributed by atoms with Gasteiger partial charge in [-0.3, -0.25) is 0 Å². The zero-order chi connectivity index (χ0) is 13.1. The maximum atomic E-state index is 9.94. The standard InChI is InChI=1S/C16H16O3/c17-15-8-4-7-13(9-14-11-18-14)16(15)19-10-12-5-2-1-3-6-12/h1-8,14,17H,9-11H2. The third-order valence-electron chi connectivity index (χ3n) is 3.15. The van der Waals surface area contributed by atoms with Crippen molar-refractivity contribution >= 4 is 0 Å². The van der Waals surface area contributed by atoms with E-state index in [-0.39, 0.29) is 11.9 Å². The van der Waals surface area contributed by atoms with Gasteiger partial charge in [0.2, 0.25) is 0 Å². The van der Waals surface area contributed by atoms with Gasteiger partial charge in [0, 0.05) is 12.0 Å². The fourth-order valence-corrected chi connectivity index (χ4v) is 2.06. The van der Waals surface area contributed by atoms with Crippen LogP contribution in [0, 0.1) is 0 Å². The number of phenols is 1. The molecule has 0 bridgehead atoms. The van der Waals surface area contributed by atoms with Crippen molar-refractivity contribution < 1.29 is 14.6 Å². The van der Waals surface area contributed by atoms with E-state index in [0.29, 0.717) is 12.4 Å². The Hall–Kier alpha value is -2.00. The van der Waals surface area contributed by atoms with E-state index in [9.17, 15) is 5.11 Å². The Morgan fingerprint density at radius 1 is 1.11 bits per heavy atom. The van der Waals surface area contributed by atoms with E-state index < -0.39 is 0 Å². The SMILES string of the molecule is Oc1cccc(CC2CO2)c1OCc1ccccc1. The fraction of sp³-hybridized carbons (Fsp3) is 0.250. The number of hydrogen-bond donors (Lipinski definition) is 1. The second-order valence-electron chi connectivity index (χ2n) is 4.70. The first-order valence-corrected chi connectivity index (χ1v) is 6.42. The summed E-state index contributed by atoms with van der Waals surface area (Å²) in [5, 5.41) is 9.94. The number of hydrogen-bond acceptors (Lipinski definition) is 3. The Morgan fingerprint density at radius 2 is 1.89 bits per heavy atom. The van der Waals surface area contributed by atoms with Gasteiger partial charge in [0.25, 0.3) is 0 Å². The predicted octanol–water partition coefficient (Wildman–Crippen LogP) is 2.91. The van der Waals surface area contributed by atoms with Crippen molar-refractivity contribution in [3.63, 3.8) is 0 Å². The topological polar surface area (TPSA) is 42.0 Å². The number of aromatic hydroxyl groups is 1. The number of phenolic OH excluding ortho intramolecular Hbond substituents is 1. The molecule has 1 aliphatic heterocycles. The van der Waals surface area contributed by atoms with Crippen molar-refractivity contribution in [2.75, 3.05) is 6.61 Å². The molecule has 19 heavy (non-hydrogen) atoms. The van der Waals surface area contributed by atoms with Crippen LogP contribution in [0.1, 0.15) is 11.1 Å². The highest BCUT2D eigenvalue weighted by Crippen LogP contribution is 2.33. The van der Waals surface area contributed by atoms with Gasteiger partial charge in [0.1, 0.15) is 6.61 Å². The fourth-order valence-electron chi connectivity index (χ4n) is 2.06. The molecule has 1 aliphatic rings. The highest BCUT2D eigenvalue weighted by Gasteiger charge is 2.25. The molecule has 0 saturated carbocycles. The van der Waals surface area contributed by atoms with Gasteiger partial charge < -0.3 is 14.6 Å². The molecule has 0 radical (unpaired) electrons. The van der Waals surface area contributed by atoms with Crippen molar-refractivity contribution in [1.82, 2.24) is 0 Å². The Kier molecular flexibility index (Phi) is 3.38. The molecule has 1 fully saturated rings. The molecular weight excluding hydrogens is 240 g/mol. The lowest BCUT2D eigenvalue weighted by Gasteiger charge is -2.12. The molecule has 1 heterocycles. The molecule has 0 aromatic heterocycles. The highest BCUT2D eigenvalue weighted by atomic mass is 16.6. The molecule has 3 nitrogen and oxygen atoms in total. The summed E-state index contributed by atoms with van der Waals surface area (Å²) in [4.78, 5) is 0. The second-order valence-corrected chi connectivity index (χ2v) is 4.70. The lowest BCUT2D eigenvalue weighted by atomic mass is 10.1. The molecule has 2 aromatic rings. The molecule has 98 valence electrons. The Morgan fingerprint density at radius 3 is 2.63 bits per heavy atom. The Labute approximate surface area is 112 Å². The van der Waals surface area contributed by atoms with E-state index in [0.717, 1.165) is 24.2 Å². The molecule has 0 amide bonds. The maximum absolute atomic E-state index is 9.94. The minimum atomic E-state index is 0.189. The average molecular weight is 256 g/mol. The first kappa shape index (κ1) is 12.1. The number of ether oxygens (including phenoxy) is 2. The zero-order valence-electron chi connectivity index (χ0n) is 10.6. The van der Waals surface area contributed by atoms with Gasteiger partial charge in [-0.15, -0.1) is 0 Å². The number of rotatable bonds is 5. The molecule has 0 spiro atoms. The smallest absolute Gasteiger partial charge is 0.164 e. The summed E-state index contributed by atoms with van der Waals surface area (Å²) in [7, 11) is 0. The lowest BCUT2D eigenvalue weighted by Crippen LogP contribution is -2.01. The maximum Gasteiger partial charge on any atom is 0.164 e. The van der Waals surface area contributed by atoms with Gasteiger partial charge >= 0.3 is 0 Å². The molecule has 1 atom stereocenters. The summed E-state index contributed by atoms with van der Waals surface area (Å²) in [6.07, 6.45) is 1.07. The summed E-state index contributed by atoms with van der Waals surface area (Å²) in [5.74, 6) is 0.760. The van der Waals surface area contributed by atoms with E-state index in [1.807, 2.05) is 42.5 Å². The van der Waals surface area contributed by atoms with Crippen LogP contribution in [0.25, 0.3) is 0 Å². The molecule has 3 heteroatoms. The van der Waals surface area contributed by atoms with Gasteiger partial charge in [-0.1, -0.05) is 42.5 Å². The van der Waals surface area contributed by atoms with E-state index in [1.54, 1.807) is 6.07 Å². The number of benzene rings is 2. The van der Waals surface area contributed by atoms with Gasteiger partial charge in [0.15, 0.2) is 11.5 Å². The van der Waals surface area contributed by atoms with Crippen LogP contribution in [0.4, 0.5) is 0 Å². The molecule has 1 saturated heterocycles. The largest absolute Gasteiger partial charge is 0.504 e. The molecule has 2 aromatic carbocycles. The molecule has 1 N–H and O–H groups in total. The van der Waals surface area contributed by atoms with Gasteiger partial charge in [-0.2, -0.15) is 0 Å². The summed E-state index contributed by atoms with van der Waals surface area (Å²) in [6.45, 7) is 1.25. The summed E-state index contributed by atoms with van der Waals surface area (Å²) in [6, 6.07) is 15.4. The highest BCUT2D eigenvalue weighted by molar-refractivity contribution is 5.46. The van der Waals surface area contributed by atoms with Gasteiger partial charge in [0.05, 0.1) is 12.7 Å². The van der Waals surface area contributed by atoms with Crippen molar-refractivity contribution in [2.24, 2.45) is 0 Å². The number of para-hydroxylation sites is 1. The van der Waals surface area contributed by atoms with Crippen molar-refractivity contribution in [1.29, 1.82) is 0 Å². The van der Waals surface area contributed by atoms with Crippen molar-refractivity contribution in [3.05, 3.63) is 59.7 Å². The molecular formula is C16H16O3. The Bertz CT molecular complexity index is 547. The van der Waals surface area contributed by atoms with E-state index in [4.69, 9.17) is 9.47 Å². The minimum Gasteiger partial charge on any atom is -0.504 e. The summed E-state index contributed by atoms with van der Waals surface area (Å²) in [5.41, 5.74) is 2.08. The van der Waals surface area contributed by atoms with E-state index in [2.05, 4.69) is 0 Å². The quantitative estimate of drug-likeness (QED) is 0.836. The van der Waals surface area contributed by atoms with Crippen LogP contribution >= 0.6 is 0 Å². The average Bonchev–Trinajstić information content (AvgIpc) is 3.23. The second kappa shape index (κ2) is 5.33. The van der Waals surface area contributed by atoms with Crippen molar-refractivity contribution in [3.8, 4) is 11.5 Å². The number of epoxide rings is 1. The van der Waals surface area contributed by atoms with Crippen LogP contribution < -0.4 is 4.74 Å². The lowest BCUT2D eigenvalue weighted by molar-refractivity contribution is 0.284. The van der Waals surface area contributed by atoms with E-state index in [1.165, 1.54) is 0 Å². The predicted molar refractivity (Wildman–Crippen MR) is 72.3 cm³/mol. The first-order chi connectivity index (χ1) is 9.33.